The monoisotopic (exact) mass is 338 g/mol. The molecule has 1 saturated heterocycles. The predicted molar refractivity (Wildman–Crippen MR) is 87.7 cm³/mol. The Balaban J connectivity index is 1.48. The van der Waals surface area contributed by atoms with Crippen LogP contribution in [0.25, 0.3) is 0 Å². The molecule has 1 aliphatic heterocycles. The lowest BCUT2D eigenvalue weighted by atomic mass is 10.2. The topological polar surface area (TPSA) is 69.2 Å². The highest BCUT2D eigenvalue weighted by Gasteiger charge is 2.15. The maximum absolute atomic E-state index is 5.58. The fourth-order valence-electron chi connectivity index (χ4n) is 2.13. The van der Waals surface area contributed by atoms with Gasteiger partial charge in [0.2, 0.25) is 11.0 Å². The Morgan fingerprint density at radius 3 is 3.23 bits per heavy atom. The molecule has 2 aromatic heterocycles. The van der Waals surface area contributed by atoms with Crippen LogP contribution in [0.2, 0.25) is 0 Å². The normalized spacial score (nSPS) is 17.6. The van der Waals surface area contributed by atoms with Crippen molar-refractivity contribution in [3.8, 4) is 5.88 Å². The number of methoxy groups -OCH3 is 1. The minimum Gasteiger partial charge on any atom is -0.481 e. The number of hydrogen-bond donors (Lipinski definition) is 1. The maximum atomic E-state index is 5.58. The summed E-state index contributed by atoms with van der Waals surface area (Å²) in [6, 6.07) is 5.76. The number of anilines is 1. The lowest BCUT2D eigenvalue weighted by molar-refractivity contribution is 0.120. The van der Waals surface area contributed by atoms with Gasteiger partial charge in [-0.2, -0.15) is 0 Å². The molecule has 1 fully saturated rings. The lowest BCUT2D eigenvalue weighted by Crippen LogP contribution is -2.18. The van der Waals surface area contributed by atoms with E-state index in [2.05, 4.69) is 20.5 Å². The quantitative estimate of drug-likeness (QED) is 0.778. The van der Waals surface area contributed by atoms with Gasteiger partial charge in [-0.05, 0) is 18.9 Å². The molecule has 0 saturated carbocycles. The van der Waals surface area contributed by atoms with E-state index in [0.717, 1.165) is 46.9 Å². The highest BCUT2D eigenvalue weighted by molar-refractivity contribution is 8.00. The summed E-state index contributed by atoms with van der Waals surface area (Å²) in [4.78, 5) is 4.38. The molecule has 3 rings (SSSR count). The Hall–Kier alpha value is -1.38. The van der Waals surface area contributed by atoms with Crippen molar-refractivity contribution in [2.45, 2.75) is 29.0 Å². The summed E-state index contributed by atoms with van der Waals surface area (Å²) in [6.07, 6.45) is 2.58. The van der Waals surface area contributed by atoms with Gasteiger partial charge in [0.25, 0.3) is 0 Å². The van der Waals surface area contributed by atoms with Crippen molar-refractivity contribution in [2.75, 3.05) is 25.6 Å². The number of ether oxygens (including phenoxy) is 2. The number of nitrogens with one attached hydrogen (secondary N) is 1. The molecule has 0 radical (unpaired) electrons. The van der Waals surface area contributed by atoms with Crippen LogP contribution in [0.4, 0.5) is 5.13 Å². The summed E-state index contributed by atoms with van der Waals surface area (Å²) >= 11 is 3.19. The molecule has 0 aromatic carbocycles. The van der Waals surface area contributed by atoms with Crippen LogP contribution in [0.3, 0.4) is 0 Å². The molecule has 0 bridgehead atoms. The third-order valence-corrected chi connectivity index (χ3v) is 5.29. The molecule has 6 nitrogen and oxygen atoms in total. The summed E-state index contributed by atoms with van der Waals surface area (Å²) in [7, 11) is 1.62. The molecule has 8 heteroatoms. The van der Waals surface area contributed by atoms with Crippen LogP contribution < -0.4 is 10.1 Å². The fourth-order valence-corrected chi connectivity index (χ4v) is 3.80. The van der Waals surface area contributed by atoms with Crippen molar-refractivity contribution in [1.82, 2.24) is 15.2 Å². The average Bonchev–Trinajstić information content (AvgIpc) is 3.22. The second-order valence-electron chi connectivity index (χ2n) is 4.85. The fraction of sp³-hybridized carbons (Fsp3) is 0.500. The Kier molecular flexibility index (Phi) is 5.47. The van der Waals surface area contributed by atoms with Gasteiger partial charge >= 0.3 is 0 Å². The number of aromatic nitrogens is 3. The molecule has 1 aliphatic rings. The van der Waals surface area contributed by atoms with Crippen molar-refractivity contribution in [3.05, 3.63) is 23.9 Å². The van der Waals surface area contributed by atoms with Gasteiger partial charge in [-0.15, -0.1) is 10.2 Å². The van der Waals surface area contributed by atoms with E-state index >= 15 is 0 Å². The second-order valence-corrected chi connectivity index (χ2v) is 7.05. The molecule has 0 spiro atoms. The molecule has 1 N–H and O–H groups in total. The van der Waals surface area contributed by atoms with Gasteiger partial charge in [-0.1, -0.05) is 29.2 Å². The molecule has 118 valence electrons. The van der Waals surface area contributed by atoms with E-state index in [-0.39, 0.29) is 0 Å². The number of rotatable bonds is 7. The maximum Gasteiger partial charge on any atom is 0.213 e. The van der Waals surface area contributed by atoms with Crippen molar-refractivity contribution < 1.29 is 9.47 Å². The van der Waals surface area contributed by atoms with Crippen molar-refractivity contribution in [2.24, 2.45) is 0 Å². The molecule has 0 amide bonds. The average molecular weight is 338 g/mol. The SMILES string of the molecule is COc1cccc(CSc2nnc(NCC3CCCO3)s2)n1. The van der Waals surface area contributed by atoms with Crippen LogP contribution in [0.1, 0.15) is 18.5 Å². The molecule has 0 aliphatic carbocycles. The van der Waals surface area contributed by atoms with Gasteiger partial charge in [0.15, 0.2) is 4.34 Å². The zero-order valence-electron chi connectivity index (χ0n) is 12.3. The van der Waals surface area contributed by atoms with Gasteiger partial charge in [0.1, 0.15) is 0 Å². The van der Waals surface area contributed by atoms with E-state index in [4.69, 9.17) is 9.47 Å². The van der Waals surface area contributed by atoms with Gasteiger partial charge in [0.05, 0.1) is 18.9 Å². The molecular weight excluding hydrogens is 320 g/mol. The second kappa shape index (κ2) is 7.75. The van der Waals surface area contributed by atoms with E-state index in [1.165, 1.54) is 0 Å². The van der Waals surface area contributed by atoms with Crippen LogP contribution in [0, 0.1) is 0 Å². The Bertz CT molecular complexity index is 602. The number of nitrogens with zero attached hydrogens (tertiary/aromatic N) is 3. The Morgan fingerprint density at radius 1 is 1.45 bits per heavy atom. The van der Waals surface area contributed by atoms with Gasteiger partial charge in [-0.25, -0.2) is 4.98 Å². The largest absolute Gasteiger partial charge is 0.481 e. The van der Waals surface area contributed by atoms with Crippen LogP contribution in [0.5, 0.6) is 5.88 Å². The predicted octanol–water partition coefficient (Wildman–Crippen LogP) is 2.82. The molecular formula is C14H18N4O2S2. The van der Waals surface area contributed by atoms with Crippen LogP contribution >= 0.6 is 23.1 Å². The summed E-state index contributed by atoms with van der Waals surface area (Å²) in [5, 5.41) is 12.5. The third-order valence-electron chi connectivity index (χ3n) is 3.25. The van der Waals surface area contributed by atoms with Gasteiger partial charge in [-0.3, -0.25) is 0 Å². The first kappa shape index (κ1) is 15.5. The molecule has 3 heterocycles. The Labute approximate surface area is 137 Å². The molecule has 22 heavy (non-hydrogen) atoms. The summed E-state index contributed by atoms with van der Waals surface area (Å²) < 4.78 is 11.6. The first-order chi connectivity index (χ1) is 10.8. The van der Waals surface area contributed by atoms with Crippen molar-refractivity contribution >= 4 is 28.2 Å². The number of thioether (sulfide) groups is 1. The zero-order chi connectivity index (χ0) is 15.2. The van der Waals surface area contributed by atoms with Gasteiger partial charge < -0.3 is 14.8 Å². The molecule has 1 unspecified atom stereocenters. The number of pyridine rings is 1. The first-order valence-electron chi connectivity index (χ1n) is 7.15. The highest BCUT2D eigenvalue weighted by atomic mass is 32.2. The van der Waals surface area contributed by atoms with E-state index < -0.39 is 0 Å². The highest BCUT2D eigenvalue weighted by Crippen LogP contribution is 2.28. The van der Waals surface area contributed by atoms with E-state index in [9.17, 15) is 0 Å². The van der Waals surface area contributed by atoms with Crippen LogP contribution in [0.15, 0.2) is 22.5 Å². The first-order valence-corrected chi connectivity index (χ1v) is 8.95. The van der Waals surface area contributed by atoms with Crippen LogP contribution in [-0.2, 0) is 10.5 Å². The van der Waals surface area contributed by atoms with E-state index in [1.807, 2.05) is 18.2 Å². The van der Waals surface area contributed by atoms with E-state index in [0.29, 0.717) is 12.0 Å². The number of hydrogen-bond acceptors (Lipinski definition) is 8. The molecule has 2 aromatic rings. The summed E-state index contributed by atoms with van der Waals surface area (Å²) in [6.45, 7) is 1.67. The van der Waals surface area contributed by atoms with Crippen molar-refractivity contribution in [1.29, 1.82) is 0 Å². The lowest BCUT2D eigenvalue weighted by Gasteiger charge is -2.08. The van der Waals surface area contributed by atoms with Crippen LogP contribution in [-0.4, -0.2) is 41.5 Å². The van der Waals surface area contributed by atoms with Gasteiger partial charge in [0, 0.05) is 25.0 Å². The third kappa shape index (κ3) is 4.31. The minimum absolute atomic E-state index is 0.306. The Morgan fingerprint density at radius 2 is 2.41 bits per heavy atom. The summed E-state index contributed by atoms with van der Waals surface area (Å²) in [5.41, 5.74) is 0.966. The minimum atomic E-state index is 0.306. The standard InChI is InChI=1S/C14H18N4O2S2/c1-19-12-6-2-4-10(16-12)9-21-14-18-17-13(22-14)15-8-11-5-3-7-20-11/h2,4,6,11H,3,5,7-9H2,1H3,(H,15,17). The smallest absolute Gasteiger partial charge is 0.213 e. The zero-order valence-corrected chi connectivity index (χ0v) is 14.0. The van der Waals surface area contributed by atoms with E-state index in [1.54, 1.807) is 30.2 Å². The summed E-state index contributed by atoms with van der Waals surface area (Å²) in [5.74, 6) is 1.38. The van der Waals surface area contributed by atoms with Crippen molar-refractivity contribution in [3.63, 3.8) is 0 Å². The molecule has 1 atom stereocenters.